The van der Waals surface area contributed by atoms with Crippen molar-refractivity contribution in [3.05, 3.63) is 65.2 Å². The summed E-state index contributed by atoms with van der Waals surface area (Å²) in [6.07, 6.45) is 0.750. The van der Waals surface area contributed by atoms with Gasteiger partial charge in [0.1, 0.15) is 11.4 Å². The number of halogens is 1. The predicted octanol–water partition coefficient (Wildman–Crippen LogP) is 3.98. The van der Waals surface area contributed by atoms with Gasteiger partial charge in [0.2, 0.25) is 0 Å². The quantitative estimate of drug-likeness (QED) is 0.896. The Labute approximate surface area is 119 Å². The fourth-order valence-corrected chi connectivity index (χ4v) is 2.21. The van der Waals surface area contributed by atoms with E-state index in [9.17, 15) is 0 Å². The lowest BCUT2D eigenvalue weighted by atomic mass is 9.92. The summed E-state index contributed by atoms with van der Waals surface area (Å²) in [6, 6.07) is 17.5. The van der Waals surface area contributed by atoms with Crippen LogP contribution in [0.25, 0.3) is 0 Å². The molecule has 19 heavy (non-hydrogen) atoms. The van der Waals surface area contributed by atoms with Gasteiger partial charge in [0.15, 0.2) is 0 Å². The number of hydrogen-bond acceptors (Lipinski definition) is 2. The predicted molar refractivity (Wildman–Crippen MR) is 79.5 cm³/mol. The summed E-state index contributed by atoms with van der Waals surface area (Å²) < 4.78 is 6.14. The van der Waals surface area contributed by atoms with Gasteiger partial charge in [-0.3, -0.25) is 0 Å². The highest BCUT2D eigenvalue weighted by Crippen LogP contribution is 2.31. The highest BCUT2D eigenvalue weighted by Gasteiger charge is 2.27. The Morgan fingerprint density at radius 1 is 1.05 bits per heavy atom. The lowest BCUT2D eigenvalue weighted by Crippen LogP contribution is -2.32. The first kappa shape index (κ1) is 13.9. The van der Waals surface area contributed by atoms with Crippen LogP contribution in [-0.4, -0.2) is 6.54 Å². The Kier molecular flexibility index (Phi) is 4.46. The van der Waals surface area contributed by atoms with Crippen molar-refractivity contribution in [2.24, 2.45) is 5.73 Å². The van der Waals surface area contributed by atoms with E-state index in [1.165, 1.54) is 0 Å². The van der Waals surface area contributed by atoms with Gasteiger partial charge in [0, 0.05) is 11.4 Å². The minimum atomic E-state index is -0.427. The smallest absolute Gasteiger partial charge is 0.132 e. The molecule has 3 heteroatoms. The lowest BCUT2D eigenvalue weighted by molar-refractivity contribution is 0.0797. The third kappa shape index (κ3) is 3.49. The molecule has 2 rings (SSSR count). The van der Waals surface area contributed by atoms with E-state index in [0.29, 0.717) is 11.6 Å². The van der Waals surface area contributed by atoms with Crippen LogP contribution in [-0.2, 0) is 5.60 Å². The summed E-state index contributed by atoms with van der Waals surface area (Å²) in [4.78, 5) is 0. The van der Waals surface area contributed by atoms with Crippen molar-refractivity contribution in [3.8, 4) is 5.75 Å². The average Bonchev–Trinajstić information content (AvgIpc) is 2.43. The second-order valence-corrected chi connectivity index (χ2v) is 5.13. The summed E-state index contributed by atoms with van der Waals surface area (Å²) >= 11 is 5.89. The molecule has 0 aromatic heterocycles. The van der Waals surface area contributed by atoms with Crippen molar-refractivity contribution >= 4 is 11.6 Å². The number of hydrogen-bond donors (Lipinski definition) is 1. The Morgan fingerprint density at radius 2 is 1.68 bits per heavy atom. The van der Waals surface area contributed by atoms with Crippen molar-refractivity contribution in [2.75, 3.05) is 6.54 Å². The van der Waals surface area contributed by atoms with Gasteiger partial charge in [-0.1, -0.05) is 41.9 Å². The molecule has 0 bridgehead atoms. The first-order valence-electron chi connectivity index (χ1n) is 6.34. The maximum Gasteiger partial charge on any atom is 0.132 e. The SMILES string of the molecule is CC(CCN)(Oc1ccc(Cl)cc1)c1ccccc1. The van der Waals surface area contributed by atoms with Crippen LogP contribution in [0, 0.1) is 0 Å². The van der Waals surface area contributed by atoms with E-state index in [0.717, 1.165) is 17.7 Å². The summed E-state index contributed by atoms with van der Waals surface area (Å²) in [5.74, 6) is 0.796. The number of rotatable bonds is 5. The molecule has 0 aliphatic rings. The Hall–Kier alpha value is -1.51. The third-order valence-electron chi connectivity index (χ3n) is 3.16. The zero-order valence-electron chi connectivity index (χ0n) is 11.0. The largest absolute Gasteiger partial charge is 0.483 e. The maximum absolute atomic E-state index is 6.14. The van der Waals surface area contributed by atoms with Crippen LogP contribution in [0.4, 0.5) is 0 Å². The van der Waals surface area contributed by atoms with Crippen LogP contribution in [0.3, 0.4) is 0 Å². The molecule has 100 valence electrons. The molecule has 0 saturated carbocycles. The van der Waals surface area contributed by atoms with Gasteiger partial charge >= 0.3 is 0 Å². The molecule has 0 saturated heterocycles. The monoisotopic (exact) mass is 275 g/mol. The Balaban J connectivity index is 2.27. The Bertz CT molecular complexity index is 512. The van der Waals surface area contributed by atoms with Crippen molar-refractivity contribution in [3.63, 3.8) is 0 Å². The van der Waals surface area contributed by atoms with Gasteiger partial charge in [-0.2, -0.15) is 0 Å². The molecule has 1 atom stereocenters. The summed E-state index contributed by atoms with van der Waals surface area (Å²) in [7, 11) is 0. The first-order chi connectivity index (χ1) is 9.14. The van der Waals surface area contributed by atoms with Gasteiger partial charge in [0.05, 0.1) is 0 Å². The van der Waals surface area contributed by atoms with Crippen molar-refractivity contribution in [1.82, 2.24) is 0 Å². The van der Waals surface area contributed by atoms with E-state index in [1.807, 2.05) is 42.5 Å². The zero-order valence-corrected chi connectivity index (χ0v) is 11.7. The molecule has 0 amide bonds. The van der Waals surface area contributed by atoms with E-state index < -0.39 is 5.60 Å². The molecule has 1 unspecified atom stereocenters. The summed E-state index contributed by atoms with van der Waals surface area (Å²) in [5, 5.41) is 0.701. The summed E-state index contributed by atoms with van der Waals surface area (Å²) in [5.41, 5.74) is 6.42. The molecular formula is C16H18ClNO. The van der Waals surface area contributed by atoms with Crippen LogP contribution in [0.1, 0.15) is 18.9 Å². The van der Waals surface area contributed by atoms with Gasteiger partial charge in [0.25, 0.3) is 0 Å². The normalized spacial score (nSPS) is 13.8. The van der Waals surface area contributed by atoms with E-state index in [4.69, 9.17) is 22.1 Å². The van der Waals surface area contributed by atoms with E-state index in [1.54, 1.807) is 0 Å². The van der Waals surface area contributed by atoms with Crippen molar-refractivity contribution in [1.29, 1.82) is 0 Å². The van der Waals surface area contributed by atoms with Crippen LogP contribution in [0.2, 0.25) is 5.02 Å². The third-order valence-corrected chi connectivity index (χ3v) is 3.41. The molecule has 0 heterocycles. The van der Waals surface area contributed by atoms with Crippen LogP contribution in [0.5, 0.6) is 5.75 Å². The molecule has 0 radical (unpaired) electrons. The number of benzene rings is 2. The Morgan fingerprint density at radius 3 is 2.26 bits per heavy atom. The lowest BCUT2D eigenvalue weighted by Gasteiger charge is -2.31. The standard InChI is InChI=1S/C16H18ClNO/c1-16(11-12-18,13-5-3-2-4-6-13)19-15-9-7-14(17)8-10-15/h2-10H,11-12,18H2,1H3. The van der Waals surface area contributed by atoms with E-state index >= 15 is 0 Å². The molecule has 2 N–H and O–H groups in total. The van der Waals surface area contributed by atoms with Gasteiger partial charge in [-0.25, -0.2) is 0 Å². The highest BCUT2D eigenvalue weighted by molar-refractivity contribution is 6.30. The molecule has 0 aliphatic carbocycles. The van der Waals surface area contributed by atoms with Gasteiger partial charge in [-0.05, 0) is 43.3 Å². The van der Waals surface area contributed by atoms with Crippen molar-refractivity contribution in [2.45, 2.75) is 18.9 Å². The van der Waals surface area contributed by atoms with E-state index in [2.05, 4.69) is 19.1 Å². The van der Waals surface area contributed by atoms with Gasteiger partial charge < -0.3 is 10.5 Å². The molecular weight excluding hydrogens is 258 g/mol. The molecule has 2 aromatic carbocycles. The maximum atomic E-state index is 6.14. The second kappa shape index (κ2) is 6.09. The molecule has 2 nitrogen and oxygen atoms in total. The first-order valence-corrected chi connectivity index (χ1v) is 6.72. The fraction of sp³-hybridized carbons (Fsp3) is 0.250. The van der Waals surface area contributed by atoms with Crippen molar-refractivity contribution < 1.29 is 4.74 Å². The molecule has 0 spiro atoms. The average molecular weight is 276 g/mol. The zero-order chi connectivity index (χ0) is 13.7. The van der Waals surface area contributed by atoms with Crippen LogP contribution < -0.4 is 10.5 Å². The fourth-order valence-electron chi connectivity index (χ4n) is 2.08. The molecule has 0 fully saturated rings. The van der Waals surface area contributed by atoms with Crippen LogP contribution >= 0.6 is 11.6 Å². The summed E-state index contributed by atoms with van der Waals surface area (Å²) in [6.45, 7) is 2.63. The van der Waals surface area contributed by atoms with E-state index in [-0.39, 0.29) is 0 Å². The van der Waals surface area contributed by atoms with Gasteiger partial charge in [-0.15, -0.1) is 0 Å². The molecule has 0 aliphatic heterocycles. The minimum Gasteiger partial charge on any atom is -0.483 e. The highest BCUT2D eigenvalue weighted by atomic mass is 35.5. The minimum absolute atomic E-state index is 0.427. The topological polar surface area (TPSA) is 35.2 Å². The molecule has 2 aromatic rings. The number of nitrogens with two attached hydrogens (primary N) is 1. The number of ether oxygens (including phenoxy) is 1. The van der Waals surface area contributed by atoms with Crippen LogP contribution in [0.15, 0.2) is 54.6 Å². The second-order valence-electron chi connectivity index (χ2n) is 4.69.